The molecule has 3 rings (SSSR count). The molecular formula is C23H27N3O. The molecule has 0 atom stereocenters. The molecule has 0 bridgehead atoms. The maximum absolute atomic E-state index is 5.43. The molecule has 4 heteroatoms. The van der Waals surface area contributed by atoms with Gasteiger partial charge in [-0.05, 0) is 24.8 Å². The van der Waals surface area contributed by atoms with Crippen molar-refractivity contribution in [3.8, 4) is 17.1 Å². The Hall–Kier alpha value is -2.88. The van der Waals surface area contributed by atoms with Crippen LogP contribution in [0.2, 0.25) is 0 Å². The van der Waals surface area contributed by atoms with Crippen LogP contribution >= 0.6 is 0 Å². The van der Waals surface area contributed by atoms with Gasteiger partial charge < -0.3 is 4.74 Å². The number of rotatable bonds is 6. The molecule has 0 aliphatic carbocycles. The van der Waals surface area contributed by atoms with Crippen LogP contribution in [0.1, 0.15) is 39.8 Å². The maximum atomic E-state index is 5.43. The quantitative estimate of drug-likeness (QED) is 0.521. The number of allylic oxidation sites excluding steroid dienone is 4. The Kier molecular flexibility index (Phi) is 5.75. The van der Waals surface area contributed by atoms with E-state index in [1.807, 2.05) is 24.4 Å². The van der Waals surface area contributed by atoms with Gasteiger partial charge in [-0.15, -0.1) is 0 Å². The fourth-order valence-corrected chi connectivity index (χ4v) is 3.27. The van der Waals surface area contributed by atoms with Crippen LogP contribution in [0, 0.1) is 5.92 Å². The molecule has 3 aromatic rings. The fraction of sp³-hybridized carbons (Fsp3) is 0.304. The molecule has 0 N–H and O–H groups in total. The minimum absolute atomic E-state index is 0.528. The van der Waals surface area contributed by atoms with Gasteiger partial charge in [0.25, 0.3) is 5.88 Å². The zero-order valence-corrected chi connectivity index (χ0v) is 16.7. The molecule has 0 spiro atoms. The van der Waals surface area contributed by atoms with Gasteiger partial charge in [-0.3, -0.25) is 4.40 Å². The van der Waals surface area contributed by atoms with Crippen LogP contribution in [0.3, 0.4) is 0 Å². The summed E-state index contributed by atoms with van der Waals surface area (Å²) in [4.78, 5) is 9.19. The van der Waals surface area contributed by atoms with Gasteiger partial charge in [0, 0.05) is 18.0 Å². The van der Waals surface area contributed by atoms with E-state index in [1.54, 1.807) is 13.3 Å². The SMILES string of the molecule is CC/C(=C\C=C(/C)c1nc2c(OC)nccn2c1-c1ccccc1)C(C)C. The van der Waals surface area contributed by atoms with Gasteiger partial charge in [-0.1, -0.05) is 68.8 Å². The highest BCUT2D eigenvalue weighted by molar-refractivity contribution is 5.81. The number of hydrogen-bond acceptors (Lipinski definition) is 3. The maximum Gasteiger partial charge on any atom is 0.258 e. The van der Waals surface area contributed by atoms with Crippen molar-refractivity contribution in [3.63, 3.8) is 0 Å². The van der Waals surface area contributed by atoms with E-state index in [-0.39, 0.29) is 0 Å². The lowest BCUT2D eigenvalue weighted by Gasteiger charge is -2.08. The number of methoxy groups -OCH3 is 1. The van der Waals surface area contributed by atoms with Crippen LogP contribution in [0.5, 0.6) is 5.88 Å². The molecular weight excluding hydrogens is 334 g/mol. The number of aromatic nitrogens is 3. The summed E-state index contributed by atoms with van der Waals surface area (Å²) in [5, 5.41) is 0. The van der Waals surface area contributed by atoms with Crippen molar-refractivity contribution in [1.82, 2.24) is 14.4 Å². The molecule has 0 saturated heterocycles. The highest BCUT2D eigenvalue weighted by Crippen LogP contribution is 2.32. The lowest BCUT2D eigenvalue weighted by Crippen LogP contribution is -1.94. The minimum atomic E-state index is 0.528. The highest BCUT2D eigenvalue weighted by atomic mass is 16.5. The molecule has 0 radical (unpaired) electrons. The van der Waals surface area contributed by atoms with Crippen LogP contribution in [-0.2, 0) is 0 Å². The molecule has 1 aromatic carbocycles. The first kappa shape index (κ1) is 18.9. The first-order chi connectivity index (χ1) is 13.1. The Balaban J connectivity index is 2.23. The smallest absolute Gasteiger partial charge is 0.258 e. The second-order valence-corrected chi connectivity index (χ2v) is 6.90. The summed E-state index contributed by atoms with van der Waals surface area (Å²) >= 11 is 0. The third kappa shape index (κ3) is 3.80. The van der Waals surface area contributed by atoms with Crippen LogP contribution in [0.15, 0.2) is 60.5 Å². The van der Waals surface area contributed by atoms with Crippen LogP contribution in [0.4, 0.5) is 0 Å². The first-order valence-corrected chi connectivity index (χ1v) is 9.41. The average molecular weight is 361 g/mol. The second-order valence-electron chi connectivity index (χ2n) is 6.90. The van der Waals surface area contributed by atoms with Crippen molar-refractivity contribution in [1.29, 1.82) is 0 Å². The summed E-state index contributed by atoms with van der Waals surface area (Å²) in [7, 11) is 1.63. The number of hydrogen-bond donors (Lipinski definition) is 0. The lowest BCUT2D eigenvalue weighted by atomic mass is 9.99. The number of imidazole rings is 1. The highest BCUT2D eigenvalue weighted by Gasteiger charge is 2.18. The van der Waals surface area contributed by atoms with E-state index in [9.17, 15) is 0 Å². The van der Waals surface area contributed by atoms with Crippen molar-refractivity contribution >= 4 is 11.2 Å². The summed E-state index contributed by atoms with van der Waals surface area (Å²) < 4.78 is 7.49. The van der Waals surface area contributed by atoms with E-state index in [0.717, 1.165) is 34.6 Å². The predicted octanol–water partition coefficient (Wildman–Crippen LogP) is 5.80. The Morgan fingerprint density at radius 2 is 1.93 bits per heavy atom. The van der Waals surface area contributed by atoms with Gasteiger partial charge in [0.05, 0.1) is 18.5 Å². The molecule has 0 aliphatic rings. The Morgan fingerprint density at radius 1 is 1.19 bits per heavy atom. The molecule has 4 nitrogen and oxygen atoms in total. The number of nitrogens with zero attached hydrogens (tertiary/aromatic N) is 3. The largest absolute Gasteiger partial charge is 0.478 e. The molecule has 0 amide bonds. The van der Waals surface area contributed by atoms with Gasteiger partial charge >= 0.3 is 0 Å². The van der Waals surface area contributed by atoms with E-state index in [0.29, 0.717) is 11.8 Å². The van der Waals surface area contributed by atoms with Crippen molar-refractivity contribution in [3.05, 3.63) is 66.1 Å². The molecule has 0 saturated carbocycles. The third-order valence-corrected chi connectivity index (χ3v) is 4.82. The Bertz CT molecular complexity index is 982. The number of benzene rings is 1. The van der Waals surface area contributed by atoms with E-state index in [4.69, 9.17) is 9.72 Å². The van der Waals surface area contributed by atoms with Crippen LogP contribution in [-0.4, -0.2) is 21.5 Å². The Morgan fingerprint density at radius 3 is 2.56 bits per heavy atom. The van der Waals surface area contributed by atoms with Gasteiger partial charge in [0.1, 0.15) is 0 Å². The minimum Gasteiger partial charge on any atom is -0.478 e. The van der Waals surface area contributed by atoms with Crippen molar-refractivity contribution < 1.29 is 4.74 Å². The van der Waals surface area contributed by atoms with Crippen molar-refractivity contribution in [2.24, 2.45) is 5.92 Å². The average Bonchev–Trinajstić information content (AvgIpc) is 3.08. The standard InChI is InChI=1S/C23H27N3O/c1-6-18(16(2)3)13-12-17(4)20-21(19-10-8-7-9-11-19)26-15-14-24-23(27-5)22(26)25-20/h7-16H,6H2,1-5H3/b17-12+,18-13+. The monoisotopic (exact) mass is 361 g/mol. The topological polar surface area (TPSA) is 39.4 Å². The second kappa shape index (κ2) is 8.21. The molecule has 2 heterocycles. The van der Waals surface area contributed by atoms with Gasteiger partial charge in [0.2, 0.25) is 5.65 Å². The van der Waals surface area contributed by atoms with E-state index < -0.39 is 0 Å². The van der Waals surface area contributed by atoms with E-state index in [2.05, 4.69) is 61.4 Å². The number of ether oxygens (including phenoxy) is 1. The van der Waals surface area contributed by atoms with E-state index >= 15 is 0 Å². The Labute approximate surface area is 161 Å². The first-order valence-electron chi connectivity index (χ1n) is 9.41. The normalized spacial score (nSPS) is 12.8. The van der Waals surface area contributed by atoms with Gasteiger partial charge in [0.15, 0.2) is 0 Å². The van der Waals surface area contributed by atoms with Crippen LogP contribution in [0.25, 0.3) is 22.5 Å². The van der Waals surface area contributed by atoms with Gasteiger partial charge in [-0.2, -0.15) is 0 Å². The third-order valence-electron chi connectivity index (χ3n) is 4.82. The zero-order valence-electron chi connectivity index (χ0n) is 16.7. The molecule has 2 aromatic heterocycles. The van der Waals surface area contributed by atoms with Crippen molar-refractivity contribution in [2.45, 2.75) is 34.1 Å². The summed E-state index contributed by atoms with van der Waals surface area (Å²) in [6.45, 7) is 8.77. The van der Waals surface area contributed by atoms with Crippen molar-refractivity contribution in [2.75, 3.05) is 7.11 Å². The fourth-order valence-electron chi connectivity index (χ4n) is 3.27. The summed E-state index contributed by atoms with van der Waals surface area (Å²) in [6.07, 6.45) is 9.14. The summed E-state index contributed by atoms with van der Waals surface area (Å²) in [6, 6.07) is 10.3. The lowest BCUT2D eigenvalue weighted by molar-refractivity contribution is 0.400. The molecule has 140 valence electrons. The summed E-state index contributed by atoms with van der Waals surface area (Å²) in [5.41, 5.74) is 6.39. The van der Waals surface area contributed by atoms with E-state index in [1.165, 1.54) is 5.57 Å². The predicted molar refractivity (Wildman–Crippen MR) is 112 cm³/mol. The zero-order chi connectivity index (χ0) is 19.4. The van der Waals surface area contributed by atoms with Gasteiger partial charge in [-0.25, -0.2) is 9.97 Å². The molecule has 0 aliphatic heterocycles. The molecule has 0 fully saturated rings. The van der Waals surface area contributed by atoms with Crippen LogP contribution < -0.4 is 4.74 Å². The molecule has 27 heavy (non-hydrogen) atoms. The molecule has 0 unspecified atom stereocenters. The number of fused-ring (bicyclic) bond motifs is 1. The summed E-state index contributed by atoms with van der Waals surface area (Å²) in [5.74, 6) is 1.07.